The third kappa shape index (κ3) is 8.71. The number of nitrogens with one attached hydrogen (secondary N) is 3. The van der Waals surface area contributed by atoms with Crippen LogP contribution in [0.15, 0.2) is 24.3 Å². The molecule has 0 radical (unpaired) electrons. The second kappa shape index (κ2) is 12.7. The van der Waals surface area contributed by atoms with Gasteiger partial charge in [0.2, 0.25) is 5.91 Å². The summed E-state index contributed by atoms with van der Waals surface area (Å²) < 4.78 is 10.0. The summed E-state index contributed by atoms with van der Waals surface area (Å²) in [6.07, 6.45) is 0.175. The maximum absolute atomic E-state index is 12.8. The molecule has 1 aromatic carbocycles. The molecule has 0 aliphatic rings. The zero-order valence-electron chi connectivity index (χ0n) is 18.8. The molecule has 0 saturated carbocycles. The van der Waals surface area contributed by atoms with Crippen molar-refractivity contribution in [2.45, 2.75) is 53.1 Å². The van der Waals surface area contributed by atoms with E-state index in [9.17, 15) is 14.4 Å². The van der Waals surface area contributed by atoms with Crippen LogP contribution in [0, 0.1) is 11.8 Å². The molecule has 3 amide bonds. The zero-order valence-corrected chi connectivity index (χ0v) is 18.8. The number of carbonyl (C=O) groups excluding carboxylic acids is 3. The number of hydrogen-bond donors (Lipinski definition) is 3. The fraction of sp³-hybridized carbons (Fsp3) is 0.591. The Kier molecular flexibility index (Phi) is 10.7. The summed E-state index contributed by atoms with van der Waals surface area (Å²) in [7, 11) is 1.55. The van der Waals surface area contributed by atoms with Crippen molar-refractivity contribution < 1.29 is 23.9 Å². The minimum Gasteiger partial charge on any atom is -0.497 e. The first-order valence-electron chi connectivity index (χ1n) is 10.3. The van der Waals surface area contributed by atoms with Gasteiger partial charge < -0.3 is 25.4 Å². The number of benzene rings is 1. The van der Waals surface area contributed by atoms with Crippen LogP contribution in [0.1, 0.15) is 51.4 Å². The van der Waals surface area contributed by atoms with Crippen LogP contribution in [0.5, 0.6) is 5.75 Å². The predicted molar refractivity (Wildman–Crippen MR) is 115 cm³/mol. The number of alkyl carbamates (subject to hydrolysis) is 1. The molecular weight excluding hydrogens is 386 g/mol. The standard InChI is InChI=1S/C22H35N3O5/c1-7-30-22(28)24-17(12-14(2)3)13-23-21(27)19(15(4)5)25-20(26)16-8-10-18(29-6)11-9-16/h8-11,14-15,17,19H,7,12-13H2,1-6H3,(H,23,27)(H,24,28)(H,25,26). The van der Waals surface area contributed by atoms with Gasteiger partial charge in [0.25, 0.3) is 5.91 Å². The van der Waals surface area contributed by atoms with Gasteiger partial charge in [-0.05, 0) is 49.4 Å². The molecule has 0 aliphatic heterocycles. The van der Waals surface area contributed by atoms with Crippen molar-refractivity contribution in [2.24, 2.45) is 11.8 Å². The Morgan fingerprint density at radius 2 is 1.63 bits per heavy atom. The molecule has 8 heteroatoms. The van der Waals surface area contributed by atoms with Gasteiger partial charge in [-0.1, -0.05) is 27.7 Å². The van der Waals surface area contributed by atoms with E-state index < -0.39 is 12.1 Å². The number of rotatable bonds is 11. The topological polar surface area (TPSA) is 106 Å². The molecule has 3 N–H and O–H groups in total. The van der Waals surface area contributed by atoms with Crippen LogP contribution in [0.25, 0.3) is 0 Å². The van der Waals surface area contributed by atoms with Crippen LogP contribution in [0.2, 0.25) is 0 Å². The smallest absolute Gasteiger partial charge is 0.407 e. The second-order valence-electron chi connectivity index (χ2n) is 7.86. The monoisotopic (exact) mass is 421 g/mol. The van der Waals surface area contributed by atoms with Gasteiger partial charge in [0.15, 0.2) is 0 Å². The molecule has 0 saturated heterocycles. The quantitative estimate of drug-likeness (QED) is 0.509. The van der Waals surface area contributed by atoms with E-state index in [-0.39, 0.29) is 36.9 Å². The molecule has 0 fully saturated rings. The van der Waals surface area contributed by atoms with Gasteiger partial charge >= 0.3 is 6.09 Å². The molecule has 0 spiro atoms. The summed E-state index contributed by atoms with van der Waals surface area (Å²) in [5.74, 6) is 0.217. The zero-order chi connectivity index (χ0) is 22.7. The van der Waals surface area contributed by atoms with Crippen molar-refractivity contribution >= 4 is 17.9 Å². The molecule has 1 aromatic rings. The van der Waals surface area contributed by atoms with Gasteiger partial charge in [0.05, 0.1) is 13.7 Å². The first-order chi connectivity index (χ1) is 14.2. The van der Waals surface area contributed by atoms with E-state index in [1.165, 1.54) is 0 Å². The lowest BCUT2D eigenvalue weighted by atomic mass is 10.0. The molecule has 30 heavy (non-hydrogen) atoms. The molecular formula is C22H35N3O5. The molecule has 8 nitrogen and oxygen atoms in total. The Hall–Kier alpha value is -2.77. The predicted octanol–water partition coefficient (Wildman–Crippen LogP) is 2.73. The van der Waals surface area contributed by atoms with E-state index in [1.807, 2.05) is 27.7 Å². The van der Waals surface area contributed by atoms with Crippen LogP contribution in [0.4, 0.5) is 4.79 Å². The molecule has 0 aromatic heterocycles. The number of hydrogen-bond acceptors (Lipinski definition) is 5. The van der Waals surface area contributed by atoms with E-state index in [0.717, 1.165) is 0 Å². The fourth-order valence-electron chi connectivity index (χ4n) is 2.94. The SMILES string of the molecule is CCOC(=O)NC(CNC(=O)C(NC(=O)c1ccc(OC)cc1)C(C)C)CC(C)C. The highest BCUT2D eigenvalue weighted by molar-refractivity contribution is 5.97. The first kappa shape index (κ1) is 25.3. The first-order valence-corrected chi connectivity index (χ1v) is 10.3. The normalized spacial score (nSPS) is 12.8. The average Bonchev–Trinajstić information content (AvgIpc) is 2.69. The molecule has 0 bridgehead atoms. The van der Waals surface area contributed by atoms with E-state index >= 15 is 0 Å². The highest BCUT2D eigenvalue weighted by atomic mass is 16.5. The van der Waals surface area contributed by atoms with Gasteiger partial charge in [0, 0.05) is 18.2 Å². The molecule has 1 rings (SSSR count). The maximum atomic E-state index is 12.8. The van der Waals surface area contributed by atoms with Gasteiger partial charge in [0.1, 0.15) is 11.8 Å². The van der Waals surface area contributed by atoms with Crippen LogP contribution in [-0.2, 0) is 9.53 Å². The Balaban J connectivity index is 2.74. The van der Waals surface area contributed by atoms with Crippen LogP contribution >= 0.6 is 0 Å². The Bertz CT molecular complexity index is 689. The number of methoxy groups -OCH3 is 1. The van der Waals surface area contributed by atoms with Crippen molar-refractivity contribution in [1.82, 2.24) is 16.0 Å². The highest BCUT2D eigenvalue weighted by Gasteiger charge is 2.26. The lowest BCUT2D eigenvalue weighted by Crippen LogP contribution is -2.53. The number of amides is 3. The molecule has 0 aliphatic carbocycles. The number of ether oxygens (including phenoxy) is 2. The minimum absolute atomic E-state index is 0.117. The van der Waals surface area contributed by atoms with Crippen LogP contribution in [0.3, 0.4) is 0 Å². The Morgan fingerprint density at radius 1 is 1.00 bits per heavy atom. The van der Waals surface area contributed by atoms with Crippen molar-refractivity contribution in [3.05, 3.63) is 29.8 Å². The Morgan fingerprint density at radius 3 is 2.13 bits per heavy atom. The van der Waals surface area contributed by atoms with Gasteiger partial charge in [-0.25, -0.2) is 4.79 Å². The van der Waals surface area contributed by atoms with E-state index in [1.54, 1.807) is 38.3 Å². The third-order valence-corrected chi connectivity index (χ3v) is 4.46. The van der Waals surface area contributed by atoms with Crippen molar-refractivity contribution in [3.63, 3.8) is 0 Å². The summed E-state index contributed by atoms with van der Waals surface area (Å²) in [4.78, 5) is 37.1. The highest BCUT2D eigenvalue weighted by Crippen LogP contribution is 2.12. The summed E-state index contributed by atoms with van der Waals surface area (Å²) in [5.41, 5.74) is 0.441. The van der Waals surface area contributed by atoms with Gasteiger partial charge in [-0.15, -0.1) is 0 Å². The van der Waals surface area contributed by atoms with Gasteiger partial charge in [-0.3, -0.25) is 9.59 Å². The summed E-state index contributed by atoms with van der Waals surface area (Å²) in [6, 6.07) is 5.70. The number of carbonyl (C=O) groups is 3. The van der Waals surface area contributed by atoms with Gasteiger partial charge in [-0.2, -0.15) is 0 Å². The Labute approximate surface area is 179 Å². The lowest BCUT2D eigenvalue weighted by Gasteiger charge is -2.25. The minimum atomic E-state index is -0.707. The summed E-state index contributed by atoms with van der Waals surface area (Å²) in [5, 5.41) is 8.42. The molecule has 168 valence electrons. The van der Waals surface area contributed by atoms with Crippen molar-refractivity contribution in [1.29, 1.82) is 0 Å². The summed E-state index contributed by atoms with van der Waals surface area (Å²) in [6.45, 7) is 10.1. The molecule has 2 unspecified atom stereocenters. The third-order valence-electron chi connectivity index (χ3n) is 4.46. The maximum Gasteiger partial charge on any atom is 0.407 e. The lowest BCUT2D eigenvalue weighted by molar-refractivity contribution is -0.124. The summed E-state index contributed by atoms with van der Waals surface area (Å²) >= 11 is 0. The molecule has 2 atom stereocenters. The van der Waals surface area contributed by atoms with E-state index in [0.29, 0.717) is 23.7 Å². The fourth-order valence-corrected chi connectivity index (χ4v) is 2.94. The van der Waals surface area contributed by atoms with Crippen molar-refractivity contribution in [2.75, 3.05) is 20.3 Å². The van der Waals surface area contributed by atoms with E-state index in [4.69, 9.17) is 9.47 Å². The van der Waals surface area contributed by atoms with Crippen LogP contribution < -0.4 is 20.7 Å². The van der Waals surface area contributed by atoms with Crippen LogP contribution in [-0.4, -0.2) is 50.3 Å². The van der Waals surface area contributed by atoms with E-state index in [2.05, 4.69) is 16.0 Å². The molecule has 0 heterocycles. The van der Waals surface area contributed by atoms with Crippen molar-refractivity contribution in [3.8, 4) is 5.75 Å². The average molecular weight is 422 g/mol. The second-order valence-corrected chi connectivity index (χ2v) is 7.86. The largest absolute Gasteiger partial charge is 0.497 e.